The number of hydrogen-bond donors (Lipinski definition) is 1. The number of carboxylic acids is 1. The number of carbonyl (C=O) groups is 2. The van der Waals surface area contributed by atoms with Gasteiger partial charge in [0.2, 0.25) is 5.91 Å². The van der Waals surface area contributed by atoms with Crippen molar-refractivity contribution < 1.29 is 19.4 Å². The Morgan fingerprint density at radius 1 is 1.20 bits per heavy atom. The van der Waals surface area contributed by atoms with E-state index in [1.807, 2.05) is 11.8 Å². The predicted octanol–water partition coefficient (Wildman–Crippen LogP) is 2.05. The van der Waals surface area contributed by atoms with Crippen LogP contribution in [0.1, 0.15) is 51.9 Å². The molecule has 1 N–H and O–H groups in total. The highest BCUT2D eigenvalue weighted by molar-refractivity contribution is 5.76. The topological polar surface area (TPSA) is 66.8 Å². The molecule has 2 aliphatic rings. The van der Waals surface area contributed by atoms with Gasteiger partial charge in [0, 0.05) is 13.0 Å². The highest BCUT2D eigenvalue weighted by Crippen LogP contribution is 2.27. The summed E-state index contributed by atoms with van der Waals surface area (Å²) in [5, 5.41) is 8.96. The molecule has 1 aliphatic heterocycles. The van der Waals surface area contributed by atoms with Crippen LogP contribution in [0, 0.1) is 5.92 Å². The van der Waals surface area contributed by atoms with Gasteiger partial charge >= 0.3 is 5.97 Å². The first kappa shape index (κ1) is 15.3. The molecule has 5 heteroatoms. The number of carboxylic acid groups (broad SMARTS) is 1. The molecule has 1 saturated heterocycles. The van der Waals surface area contributed by atoms with Gasteiger partial charge in [-0.1, -0.05) is 6.92 Å². The fourth-order valence-electron chi connectivity index (χ4n) is 3.26. The molecule has 1 aliphatic carbocycles. The Hall–Kier alpha value is -1.10. The van der Waals surface area contributed by atoms with Crippen molar-refractivity contribution >= 4 is 11.9 Å². The van der Waals surface area contributed by atoms with E-state index < -0.39 is 5.97 Å². The van der Waals surface area contributed by atoms with Crippen LogP contribution in [-0.2, 0) is 14.3 Å². The molecule has 1 saturated carbocycles. The quantitative estimate of drug-likeness (QED) is 0.838. The van der Waals surface area contributed by atoms with Gasteiger partial charge in [-0.15, -0.1) is 0 Å². The van der Waals surface area contributed by atoms with Gasteiger partial charge in [-0.25, -0.2) is 0 Å². The van der Waals surface area contributed by atoms with Crippen LogP contribution in [-0.4, -0.2) is 47.2 Å². The maximum absolute atomic E-state index is 11.8. The molecule has 0 bridgehead atoms. The number of aliphatic carboxylic acids is 1. The van der Waals surface area contributed by atoms with Gasteiger partial charge in [0.25, 0.3) is 0 Å². The molecule has 0 spiro atoms. The summed E-state index contributed by atoms with van der Waals surface area (Å²) in [7, 11) is 0. The van der Waals surface area contributed by atoms with Crippen molar-refractivity contribution in [1.29, 1.82) is 0 Å². The summed E-state index contributed by atoms with van der Waals surface area (Å²) in [6.07, 6.45) is 5.88. The van der Waals surface area contributed by atoms with E-state index in [1.165, 1.54) is 0 Å². The van der Waals surface area contributed by atoms with Gasteiger partial charge in [0.05, 0.1) is 24.7 Å². The van der Waals surface area contributed by atoms with Crippen LogP contribution in [0.15, 0.2) is 0 Å². The van der Waals surface area contributed by atoms with Crippen molar-refractivity contribution in [3.8, 4) is 0 Å². The molecule has 2 fully saturated rings. The molecular weight excluding hydrogens is 258 g/mol. The fraction of sp³-hybridized carbons (Fsp3) is 0.867. The monoisotopic (exact) mass is 283 g/mol. The van der Waals surface area contributed by atoms with Crippen LogP contribution in [0.5, 0.6) is 0 Å². The van der Waals surface area contributed by atoms with Gasteiger partial charge in [0.1, 0.15) is 0 Å². The summed E-state index contributed by atoms with van der Waals surface area (Å²) >= 11 is 0. The van der Waals surface area contributed by atoms with Crippen molar-refractivity contribution in [3.05, 3.63) is 0 Å². The van der Waals surface area contributed by atoms with E-state index in [-0.39, 0.29) is 24.0 Å². The molecule has 0 aromatic carbocycles. The average molecular weight is 283 g/mol. The van der Waals surface area contributed by atoms with E-state index in [4.69, 9.17) is 9.84 Å². The Morgan fingerprint density at radius 2 is 1.90 bits per heavy atom. The lowest BCUT2D eigenvalue weighted by Crippen LogP contribution is -2.39. The second-order valence-corrected chi connectivity index (χ2v) is 5.88. The summed E-state index contributed by atoms with van der Waals surface area (Å²) in [4.78, 5) is 24.6. The van der Waals surface area contributed by atoms with Crippen molar-refractivity contribution in [2.45, 2.75) is 64.0 Å². The Kier molecular flexibility index (Phi) is 5.40. The second-order valence-electron chi connectivity index (χ2n) is 5.88. The third kappa shape index (κ3) is 3.72. The zero-order valence-electron chi connectivity index (χ0n) is 12.2. The Labute approximate surface area is 120 Å². The van der Waals surface area contributed by atoms with Crippen LogP contribution in [0.3, 0.4) is 0 Å². The molecule has 1 heterocycles. The summed E-state index contributed by atoms with van der Waals surface area (Å²) in [6, 6.07) is 0.222. The molecule has 0 aromatic rings. The number of rotatable bonds is 5. The van der Waals surface area contributed by atoms with Gasteiger partial charge in [0.15, 0.2) is 0 Å². The lowest BCUT2D eigenvalue weighted by molar-refractivity contribution is -0.144. The van der Waals surface area contributed by atoms with Gasteiger partial charge < -0.3 is 14.7 Å². The minimum Gasteiger partial charge on any atom is -0.481 e. The Balaban J connectivity index is 1.73. The average Bonchev–Trinajstić information content (AvgIpc) is 2.93. The molecule has 5 nitrogen and oxygen atoms in total. The highest BCUT2D eigenvalue weighted by atomic mass is 16.5. The summed E-state index contributed by atoms with van der Waals surface area (Å²) in [5.41, 5.74) is 0. The van der Waals surface area contributed by atoms with E-state index in [9.17, 15) is 9.59 Å². The first-order chi connectivity index (χ1) is 9.61. The Morgan fingerprint density at radius 3 is 2.50 bits per heavy atom. The third-order valence-corrected chi connectivity index (χ3v) is 4.55. The SMILES string of the molecule is CCC(=O)N1CCC[C@H]1COC1CCC(C(=O)O)CC1. The summed E-state index contributed by atoms with van der Waals surface area (Å²) in [5.74, 6) is -0.663. The van der Waals surface area contributed by atoms with Crippen molar-refractivity contribution in [2.75, 3.05) is 13.2 Å². The van der Waals surface area contributed by atoms with E-state index in [2.05, 4.69) is 0 Å². The molecule has 20 heavy (non-hydrogen) atoms. The van der Waals surface area contributed by atoms with Gasteiger partial charge in [-0.05, 0) is 38.5 Å². The van der Waals surface area contributed by atoms with Gasteiger partial charge in [-0.3, -0.25) is 9.59 Å². The molecule has 1 atom stereocenters. The number of carbonyl (C=O) groups excluding carboxylic acids is 1. The van der Waals surface area contributed by atoms with Crippen molar-refractivity contribution in [2.24, 2.45) is 5.92 Å². The van der Waals surface area contributed by atoms with Crippen LogP contribution < -0.4 is 0 Å². The first-order valence-corrected chi connectivity index (χ1v) is 7.75. The molecule has 2 rings (SSSR count). The molecule has 0 radical (unpaired) electrons. The fourth-order valence-corrected chi connectivity index (χ4v) is 3.26. The largest absolute Gasteiger partial charge is 0.481 e. The summed E-state index contributed by atoms with van der Waals surface area (Å²) in [6.45, 7) is 3.35. The molecular formula is C15H25NO4. The van der Waals surface area contributed by atoms with E-state index in [1.54, 1.807) is 0 Å². The van der Waals surface area contributed by atoms with E-state index >= 15 is 0 Å². The smallest absolute Gasteiger partial charge is 0.306 e. The predicted molar refractivity (Wildman–Crippen MR) is 74.4 cm³/mol. The number of amides is 1. The number of nitrogens with zero attached hydrogens (tertiary/aromatic N) is 1. The van der Waals surface area contributed by atoms with Crippen LogP contribution in [0.25, 0.3) is 0 Å². The van der Waals surface area contributed by atoms with E-state index in [0.29, 0.717) is 25.9 Å². The van der Waals surface area contributed by atoms with E-state index in [0.717, 1.165) is 32.2 Å². The molecule has 0 aromatic heterocycles. The van der Waals surface area contributed by atoms with Crippen molar-refractivity contribution in [1.82, 2.24) is 4.90 Å². The standard InChI is InChI=1S/C15H25NO4/c1-2-14(17)16-9-3-4-12(16)10-20-13-7-5-11(6-8-13)15(18)19/h11-13H,2-10H2,1H3,(H,18,19)/t11?,12-,13?/m0/s1. The molecule has 114 valence electrons. The summed E-state index contributed by atoms with van der Waals surface area (Å²) < 4.78 is 5.93. The van der Waals surface area contributed by atoms with Crippen LogP contribution >= 0.6 is 0 Å². The van der Waals surface area contributed by atoms with Gasteiger partial charge in [-0.2, -0.15) is 0 Å². The maximum atomic E-state index is 11.8. The lowest BCUT2D eigenvalue weighted by Gasteiger charge is -2.29. The van der Waals surface area contributed by atoms with Crippen LogP contribution in [0.2, 0.25) is 0 Å². The minimum atomic E-state index is -0.682. The number of likely N-dealkylation sites (tertiary alicyclic amines) is 1. The number of ether oxygens (including phenoxy) is 1. The second kappa shape index (κ2) is 7.07. The molecule has 0 unspecified atom stereocenters. The highest BCUT2D eigenvalue weighted by Gasteiger charge is 2.30. The normalized spacial score (nSPS) is 30.4. The third-order valence-electron chi connectivity index (χ3n) is 4.55. The zero-order valence-corrected chi connectivity index (χ0v) is 12.2. The van der Waals surface area contributed by atoms with Crippen molar-refractivity contribution in [3.63, 3.8) is 0 Å². The zero-order chi connectivity index (χ0) is 14.5. The molecule has 1 amide bonds. The lowest BCUT2D eigenvalue weighted by atomic mass is 9.87. The first-order valence-electron chi connectivity index (χ1n) is 7.75. The number of hydrogen-bond acceptors (Lipinski definition) is 3. The minimum absolute atomic E-state index is 0.171. The maximum Gasteiger partial charge on any atom is 0.306 e. The van der Waals surface area contributed by atoms with Crippen LogP contribution in [0.4, 0.5) is 0 Å². The Bertz CT molecular complexity index is 350.